The van der Waals surface area contributed by atoms with E-state index in [4.69, 9.17) is 4.74 Å². The van der Waals surface area contributed by atoms with E-state index < -0.39 is 0 Å². The largest absolute Gasteiger partial charge is 0.492 e. The summed E-state index contributed by atoms with van der Waals surface area (Å²) in [5.74, 6) is 0.709. The summed E-state index contributed by atoms with van der Waals surface area (Å²) >= 11 is 0. The molecular formula is C16H18N2O2. The maximum absolute atomic E-state index is 12.1. The molecule has 0 spiro atoms. The van der Waals surface area contributed by atoms with Crippen molar-refractivity contribution >= 4 is 5.78 Å². The lowest BCUT2D eigenvalue weighted by Gasteiger charge is -2.06. The highest BCUT2D eigenvalue weighted by atomic mass is 16.5. The van der Waals surface area contributed by atoms with Crippen LogP contribution in [0, 0.1) is 0 Å². The molecule has 0 fully saturated rings. The van der Waals surface area contributed by atoms with Crippen LogP contribution in [0.5, 0.6) is 5.75 Å². The highest BCUT2D eigenvalue weighted by Gasteiger charge is 2.08. The molecule has 4 heteroatoms. The fraction of sp³-hybridized carbons (Fsp3) is 0.312. The Morgan fingerprint density at radius 2 is 2.20 bits per heavy atom. The van der Waals surface area contributed by atoms with Crippen LogP contribution < -0.4 is 4.74 Å². The molecule has 0 aliphatic heterocycles. The predicted octanol–water partition coefficient (Wildman–Crippen LogP) is 3.08. The van der Waals surface area contributed by atoms with Crippen molar-refractivity contribution in [1.29, 1.82) is 0 Å². The summed E-state index contributed by atoms with van der Waals surface area (Å²) in [7, 11) is 0. The SMILES string of the molecule is CCCOc1cncc(C(=O)CCc2ccccn2)c1. The van der Waals surface area contributed by atoms with Gasteiger partial charge in [0.25, 0.3) is 0 Å². The van der Waals surface area contributed by atoms with E-state index in [0.717, 1.165) is 12.1 Å². The molecule has 4 nitrogen and oxygen atoms in total. The highest BCUT2D eigenvalue weighted by Crippen LogP contribution is 2.14. The molecule has 0 atom stereocenters. The van der Waals surface area contributed by atoms with Crippen LogP contribution in [0.3, 0.4) is 0 Å². The molecule has 2 aromatic rings. The van der Waals surface area contributed by atoms with Gasteiger partial charge in [-0.25, -0.2) is 0 Å². The fourth-order valence-corrected chi connectivity index (χ4v) is 1.80. The Morgan fingerprint density at radius 1 is 1.30 bits per heavy atom. The number of aromatic nitrogens is 2. The topological polar surface area (TPSA) is 52.1 Å². The zero-order valence-corrected chi connectivity index (χ0v) is 11.6. The average Bonchev–Trinajstić information content (AvgIpc) is 2.52. The van der Waals surface area contributed by atoms with Gasteiger partial charge in [0.15, 0.2) is 5.78 Å². The maximum Gasteiger partial charge on any atom is 0.164 e. The van der Waals surface area contributed by atoms with Crippen LogP contribution in [0.1, 0.15) is 35.8 Å². The maximum atomic E-state index is 12.1. The number of carbonyl (C=O) groups is 1. The Labute approximate surface area is 118 Å². The van der Waals surface area contributed by atoms with E-state index >= 15 is 0 Å². The van der Waals surface area contributed by atoms with Crippen LogP contribution in [-0.2, 0) is 6.42 Å². The lowest BCUT2D eigenvalue weighted by Crippen LogP contribution is -2.04. The fourth-order valence-electron chi connectivity index (χ4n) is 1.80. The normalized spacial score (nSPS) is 10.2. The van der Waals surface area contributed by atoms with E-state index in [1.807, 2.05) is 25.1 Å². The first kappa shape index (κ1) is 14.2. The van der Waals surface area contributed by atoms with Gasteiger partial charge in [0.05, 0.1) is 12.8 Å². The van der Waals surface area contributed by atoms with Crippen LogP contribution in [0.4, 0.5) is 0 Å². The van der Waals surface area contributed by atoms with Crippen LogP contribution in [0.2, 0.25) is 0 Å². The second-order valence-corrected chi connectivity index (χ2v) is 4.50. The minimum atomic E-state index is 0.0603. The van der Waals surface area contributed by atoms with E-state index in [2.05, 4.69) is 9.97 Å². The van der Waals surface area contributed by atoms with Gasteiger partial charge in [-0.1, -0.05) is 13.0 Å². The van der Waals surface area contributed by atoms with Gasteiger partial charge in [-0.3, -0.25) is 14.8 Å². The van der Waals surface area contributed by atoms with Gasteiger partial charge in [-0.2, -0.15) is 0 Å². The van der Waals surface area contributed by atoms with Crippen molar-refractivity contribution in [2.45, 2.75) is 26.2 Å². The smallest absolute Gasteiger partial charge is 0.164 e. The zero-order valence-electron chi connectivity index (χ0n) is 11.6. The van der Waals surface area contributed by atoms with Crippen molar-refractivity contribution in [2.24, 2.45) is 0 Å². The lowest BCUT2D eigenvalue weighted by molar-refractivity contribution is 0.0981. The van der Waals surface area contributed by atoms with Gasteiger partial charge in [0.2, 0.25) is 0 Å². The highest BCUT2D eigenvalue weighted by molar-refractivity contribution is 5.96. The number of aryl methyl sites for hydroxylation is 1. The molecule has 0 saturated heterocycles. The summed E-state index contributed by atoms with van der Waals surface area (Å²) in [6.07, 6.45) is 6.94. The number of ether oxygens (including phenoxy) is 1. The first-order valence-electron chi connectivity index (χ1n) is 6.80. The molecule has 0 unspecified atom stereocenters. The van der Waals surface area contributed by atoms with Gasteiger partial charge in [-0.05, 0) is 31.0 Å². The first-order valence-corrected chi connectivity index (χ1v) is 6.80. The molecule has 0 aliphatic rings. The Morgan fingerprint density at radius 3 is 2.95 bits per heavy atom. The van der Waals surface area contributed by atoms with E-state index in [-0.39, 0.29) is 5.78 Å². The van der Waals surface area contributed by atoms with Gasteiger partial charge >= 0.3 is 0 Å². The molecule has 0 bridgehead atoms. The molecule has 0 radical (unpaired) electrons. The molecule has 0 N–H and O–H groups in total. The number of Topliss-reactive ketones (excluding diaryl/α,β-unsaturated/α-hetero) is 1. The molecule has 0 aliphatic carbocycles. The third-order valence-electron chi connectivity index (χ3n) is 2.84. The van der Waals surface area contributed by atoms with Gasteiger partial charge < -0.3 is 4.74 Å². The average molecular weight is 270 g/mol. The number of rotatable bonds is 7. The van der Waals surface area contributed by atoms with Crippen LogP contribution in [0.15, 0.2) is 42.9 Å². The van der Waals surface area contributed by atoms with Crippen molar-refractivity contribution in [3.05, 3.63) is 54.1 Å². The summed E-state index contributed by atoms with van der Waals surface area (Å²) in [5, 5.41) is 0. The summed E-state index contributed by atoms with van der Waals surface area (Å²) in [4.78, 5) is 20.4. The molecule has 0 saturated carbocycles. The Balaban J connectivity index is 1.95. The molecule has 2 rings (SSSR count). The van der Waals surface area contributed by atoms with Gasteiger partial charge in [0, 0.05) is 30.1 Å². The number of hydrogen-bond acceptors (Lipinski definition) is 4. The van der Waals surface area contributed by atoms with Crippen molar-refractivity contribution in [3.8, 4) is 5.75 Å². The monoisotopic (exact) mass is 270 g/mol. The van der Waals surface area contributed by atoms with Crippen LogP contribution in [-0.4, -0.2) is 22.4 Å². The van der Waals surface area contributed by atoms with E-state index in [1.165, 1.54) is 0 Å². The zero-order chi connectivity index (χ0) is 14.2. The molecule has 0 amide bonds. The summed E-state index contributed by atoms with van der Waals surface area (Å²) in [6, 6.07) is 7.47. The molecule has 2 aromatic heterocycles. The molecule has 2 heterocycles. The minimum Gasteiger partial charge on any atom is -0.492 e. The second kappa shape index (κ2) is 7.38. The molecular weight excluding hydrogens is 252 g/mol. The number of ketones is 1. The number of hydrogen-bond donors (Lipinski definition) is 0. The van der Waals surface area contributed by atoms with Crippen molar-refractivity contribution in [1.82, 2.24) is 9.97 Å². The summed E-state index contributed by atoms with van der Waals surface area (Å²) < 4.78 is 5.48. The summed E-state index contributed by atoms with van der Waals surface area (Å²) in [6.45, 7) is 2.67. The Hall–Kier alpha value is -2.23. The first-order chi connectivity index (χ1) is 9.79. The third-order valence-corrected chi connectivity index (χ3v) is 2.84. The van der Waals surface area contributed by atoms with E-state index in [9.17, 15) is 4.79 Å². The summed E-state index contributed by atoms with van der Waals surface area (Å²) in [5.41, 5.74) is 1.52. The van der Waals surface area contributed by atoms with E-state index in [1.54, 1.807) is 24.7 Å². The van der Waals surface area contributed by atoms with Crippen LogP contribution >= 0.6 is 0 Å². The number of nitrogens with zero attached hydrogens (tertiary/aromatic N) is 2. The van der Waals surface area contributed by atoms with Crippen LogP contribution in [0.25, 0.3) is 0 Å². The van der Waals surface area contributed by atoms with Crippen molar-refractivity contribution < 1.29 is 9.53 Å². The lowest BCUT2D eigenvalue weighted by atomic mass is 10.1. The van der Waals surface area contributed by atoms with Crippen molar-refractivity contribution in [3.63, 3.8) is 0 Å². The van der Waals surface area contributed by atoms with E-state index in [0.29, 0.717) is 30.8 Å². The Kier molecular flexibility index (Phi) is 5.24. The van der Waals surface area contributed by atoms with Gasteiger partial charge in [0.1, 0.15) is 5.75 Å². The van der Waals surface area contributed by atoms with Crippen molar-refractivity contribution in [2.75, 3.05) is 6.61 Å². The van der Waals surface area contributed by atoms with Gasteiger partial charge in [-0.15, -0.1) is 0 Å². The second-order valence-electron chi connectivity index (χ2n) is 4.50. The third kappa shape index (κ3) is 4.16. The number of pyridine rings is 2. The number of carbonyl (C=O) groups excluding carboxylic acids is 1. The standard InChI is InChI=1S/C16H18N2O2/c1-2-9-20-15-10-13(11-17-12-15)16(19)7-6-14-5-3-4-8-18-14/h3-5,8,10-12H,2,6-7,9H2,1H3. The molecule has 0 aromatic carbocycles. The predicted molar refractivity (Wildman–Crippen MR) is 76.9 cm³/mol. The molecule has 20 heavy (non-hydrogen) atoms. The molecule has 104 valence electrons. The Bertz CT molecular complexity index is 555. The quantitative estimate of drug-likeness (QED) is 0.725. The minimum absolute atomic E-state index is 0.0603.